The number of fused-ring (bicyclic) bond motifs is 3. The first-order chi connectivity index (χ1) is 19.5. The number of hydrogen-bond donors (Lipinski definition) is 3. The first-order valence-corrected chi connectivity index (χ1v) is 14.9. The summed E-state index contributed by atoms with van der Waals surface area (Å²) in [6, 6.07) is 2.89. The number of carbonyl (C=O) groups is 6. The van der Waals surface area contributed by atoms with Crippen molar-refractivity contribution in [2.45, 2.75) is 91.3 Å². The fourth-order valence-corrected chi connectivity index (χ4v) is 9.24. The van der Waals surface area contributed by atoms with Gasteiger partial charge in [-0.3, -0.25) is 28.8 Å². The van der Waals surface area contributed by atoms with Gasteiger partial charge in [-0.25, -0.2) is 0 Å². The van der Waals surface area contributed by atoms with Crippen LogP contribution in [0, 0.1) is 40.4 Å². The second-order valence-electron chi connectivity index (χ2n) is 13.8. The van der Waals surface area contributed by atoms with Crippen molar-refractivity contribution in [3.8, 4) is 5.75 Å². The molecule has 0 amide bonds. The predicted molar refractivity (Wildman–Crippen MR) is 150 cm³/mol. The van der Waals surface area contributed by atoms with E-state index in [0.717, 1.165) is 32.6 Å². The van der Waals surface area contributed by atoms with Gasteiger partial charge in [0.2, 0.25) is 0 Å². The highest BCUT2D eigenvalue weighted by molar-refractivity contribution is 6.33. The molecular weight excluding hydrogens is 540 g/mol. The Morgan fingerprint density at radius 1 is 1.02 bits per heavy atom. The molecule has 4 aliphatic rings. The maximum absolute atomic E-state index is 14.5. The van der Waals surface area contributed by atoms with Crippen LogP contribution in [-0.2, 0) is 30.4 Å². The predicted octanol–water partition coefficient (Wildman–Crippen LogP) is 2.93. The number of carbonyl (C=O) groups excluding carboxylic acids is 6. The smallest absolute Gasteiger partial charge is 0.191 e. The van der Waals surface area contributed by atoms with Crippen LogP contribution in [0.25, 0.3) is 0 Å². The number of ketones is 6. The molecule has 0 aliphatic heterocycles. The SMILES string of the molecule is CC(=O)C1C(=O)C(C(C)C)[C@@]2(C)[C@H](O)[C@]3(C)C(C(=O)c4c(O)ccc(CC(=O)C5CCCC5)c4C3C)C(=O)[C@@]2(O)C1=O. The van der Waals surface area contributed by atoms with Crippen molar-refractivity contribution in [2.75, 3.05) is 0 Å². The highest BCUT2D eigenvalue weighted by Gasteiger charge is 2.80. The van der Waals surface area contributed by atoms with Gasteiger partial charge in [0.15, 0.2) is 28.7 Å². The second kappa shape index (κ2) is 9.74. The first-order valence-electron chi connectivity index (χ1n) is 14.9. The lowest BCUT2D eigenvalue weighted by Crippen LogP contribution is -2.82. The van der Waals surface area contributed by atoms with Gasteiger partial charge in [-0.05, 0) is 48.8 Å². The minimum Gasteiger partial charge on any atom is -0.507 e. The van der Waals surface area contributed by atoms with E-state index in [1.165, 1.54) is 19.9 Å². The van der Waals surface area contributed by atoms with Crippen LogP contribution in [0.1, 0.15) is 94.6 Å². The lowest BCUT2D eigenvalue weighted by atomic mass is 9.37. The Balaban J connectivity index is 1.74. The number of Topliss-reactive ketones (excluding diaryl/α,β-unsaturated/α-hetero) is 6. The van der Waals surface area contributed by atoms with E-state index in [9.17, 15) is 44.1 Å². The maximum atomic E-state index is 14.5. The molecule has 8 atom stereocenters. The third kappa shape index (κ3) is 3.55. The normalized spacial score (nSPS) is 38.4. The molecule has 0 saturated heterocycles. The molecular formula is C33H40O9. The van der Waals surface area contributed by atoms with Crippen LogP contribution in [0.5, 0.6) is 5.75 Å². The van der Waals surface area contributed by atoms with Gasteiger partial charge in [0.05, 0.1) is 17.6 Å². The van der Waals surface area contributed by atoms with E-state index >= 15 is 0 Å². The van der Waals surface area contributed by atoms with Crippen molar-refractivity contribution >= 4 is 34.7 Å². The standard InChI is InChI=1S/C33H40O9/c1-14(2)24-26(37)22(16(4)34)28(39)33(42)29(40)25-27(38)23-19(35)12-11-18(13-20(36)17-9-7-8-10-17)21(23)15(3)31(25,5)30(41)32(24,33)6/h11-12,14-15,17,22,24-25,30,35,41-42H,7-10,13H2,1-6H3/t15?,22?,24?,25?,30-,31+,32+,33+/m1/s1. The highest BCUT2D eigenvalue weighted by Crippen LogP contribution is 2.66. The van der Waals surface area contributed by atoms with Crippen molar-refractivity contribution in [3.05, 3.63) is 28.8 Å². The third-order valence-electron chi connectivity index (χ3n) is 11.5. The van der Waals surface area contributed by atoms with Gasteiger partial charge in [-0.2, -0.15) is 0 Å². The van der Waals surface area contributed by atoms with E-state index in [1.54, 1.807) is 26.8 Å². The Hall–Kier alpha value is -3.04. The summed E-state index contributed by atoms with van der Waals surface area (Å²) in [6.45, 7) is 8.90. The third-order valence-corrected chi connectivity index (χ3v) is 11.5. The fraction of sp³-hybridized carbons (Fsp3) is 0.636. The molecule has 0 radical (unpaired) electrons. The lowest BCUT2D eigenvalue weighted by Gasteiger charge is -2.65. The summed E-state index contributed by atoms with van der Waals surface area (Å²) in [5.41, 5.74) is -6.00. The van der Waals surface area contributed by atoms with E-state index < -0.39 is 86.8 Å². The first kappa shape index (κ1) is 30.4. The number of rotatable bonds is 5. The van der Waals surface area contributed by atoms with Crippen molar-refractivity contribution in [3.63, 3.8) is 0 Å². The molecule has 226 valence electrons. The van der Waals surface area contributed by atoms with Crippen molar-refractivity contribution in [1.82, 2.24) is 0 Å². The monoisotopic (exact) mass is 580 g/mol. The molecule has 1 aromatic carbocycles. The minimum absolute atomic E-state index is 0.0166. The fourth-order valence-electron chi connectivity index (χ4n) is 9.24. The Labute approximate surface area is 245 Å². The molecule has 4 aliphatic carbocycles. The lowest BCUT2D eigenvalue weighted by molar-refractivity contribution is -0.240. The number of phenols is 1. The Morgan fingerprint density at radius 3 is 2.17 bits per heavy atom. The quantitative estimate of drug-likeness (QED) is 0.444. The molecule has 4 unspecified atom stereocenters. The zero-order valence-corrected chi connectivity index (χ0v) is 25.0. The number of benzene rings is 1. The van der Waals surface area contributed by atoms with Crippen LogP contribution >= 0.6 is 0 Å². The summed E-state index contributed by atoms with van der Waals surface area (Å²) in [7, 11) is 0. The summed E-state index contributed by atoms with van der Waals surface area (Å²) in [5, 5.41) is 35.4. The molecule has 0 bridgehead atoms. The van der Waals surface area contributed by atoms with Gasteiger partial charge in [0.1, 0.15) is 23.2 Å². The number of phenolic OH excluding ortho intramolecular Hbond substituents is 1. The molecule has 0 spiro atoms. The van der Waals surface area contributed by atoms with E-state index in [1.807, 2.05) is 0 Å². The molecule has 3 saturated carbocycles. The molecule has 9 nitrogen and oxygen atoms in total. The molecule has 1 aromatic rings. The summed E-state index contributed by atoms with van der Waals surface area (Å²) < 4.78 is 0. The van der Waals surface area contributed by atoms with Crippen LogP contribution in [0.3, 0.4) is 0 Å². The van der Waals surface area contributed by atoms with Crippen LogP contribution in [0.15, 0.2) is 12.1 Å². The van der Waals surface area contributed by atoms with Gasteiger partial charge < -0.3 is 15.3 Å². The van der Waals surface area contributed by atoms with Crippen molar-refractivity contribution in [2.24, 2.45) is 40.4 Å². The van der Waals surface area contributed by atoms with E-state index in [4.69, 9.17) is 0 Å². The van der Waals surface area contributed by atoms with E-state index in [-0.39, 0.29) is 23.7 Å². The van der Waals surface area contributed by atoms with Crippen LogP contribution in [0.2, 0.25) is 0 Å². The highest BCUT2D eigenvalue weighted by atomic mass is 16.3. The summed E-state index contributed by atoms with van der Waals surface area (Å²) in [4.78, 5) is 82.0. The Morgan fingerprint density at radius 2 is 1.62 bits per heavy atom. The summed E-state index contributed by atoms with van der Waals surface area (Å²) in [6.07, 6.45) is 1.79. The number of hydrogen-bond acceptors (Lipinski definition) is 9. The van der Waals surface area contributed by atoms with Crippen LogP contribution in [0.4, 0.5) is 0 Å². The van der Waals surface area contributed by atoms with Gasteiger partial charge >= 0.3 is 0 Å². The van der Waals surface area contributed by atoms with E-state index in [2.05, 4.69) is 0 Å². The van der Waals surface area contributed by atoms with Gasteiger partial charge in [0, 0.05) is 29.1 Å². The molecule has 3 fully saturated rings. The number of aromatic hydroxyl groups is 1. The molecule has 5 rings (SSSR count). The Bertz CT molecular complexity index is 1430. The molecule has 0 heterocycles. The zero-order chi connectivity index (χ0) is 31.3. The topological polar surface area (TPSA) is 163 Å². The summed E-state index contributed by atoms with van der Waals surface area (Å²) >= 11 is 0. The van der Waals surface area contributed by atoms with Gasteiger partial charge in [-0.1, -0.05) is 53.5 Å². The zero-order valence-electron chi connectivity index (χ0n) is 25.0. The summed E-state index contributed by atoms with van der Waals surface area (Å²) in [5.74, 6) is -11.8. The van der Waals surface area contributed by atoms with Crippen LogP contribution < -0.4 is 0 Å². The van der Waals surface area contributed by atoms with Gasteiger partial charge in [0.25, 0.3) is 0 Å². The van der Waals surface area contributed by atoms with Crippen molar-refractivity contribution in [1.29, 1.82) is 0 Å². The van der Waals surface area contributed by atoms with Gasteiger partial charge in [-0.15, -0.1) is 0 Å². The Kier molecular flexibility index (Phi) is 7.06. The molecule has 0 aromatic heterocycles. The van der Waals surface area contributed by atoms with Crippen molar-refractivity contribution < 1.29 is 44.1 Å². The van der Waals surface area contributed by atoms with E-state index in [0.29, 0.717) is 11.1 Å². The molecule has 3 N–H and O–H groups in total. The number of aliphatic hydroxyl groups is 2. The largest absolute Gasteiger partial charge is 0.507 e. The number of aliphatic hydroxyl groups excluding tert-OH is 1. The molecule has 9 heteroatoms. The average Bonchev–Trinajstić information content (AvgIpc) is 3.45. The average molecular weight is 581 g/mol. The maximum Gasteiger partial charge on any atom is 0.191 e. The second-order valence-corrected chi connectivity index (χ2v) is 13.8. The molecule has 42 heavy (non-hydrogen) atoms. The minimum atomic E-state index is -3.01. The van der Waals surface area contributed by atoms with Crippen LogP contribution in [-0.4, -0.2) is 61.7 Å².